The van der Waals surface area contributed by atoms with Crippen LogP contribution in [0.3, 0.4) is 0 Å². The van der Waals surface area contributed by atoms with Gasteiger partial charge in [-0.3, -0.25) is 43.8 Å². The van der Waals surface area contributed by atoms with Crippen LogP contribution in [0.2, 0.25) is 0 Å². The van der Waals surface area contributed by atoms with Crippen molar-refractivity contribution in [1.82, 2.24) is 53.2 Å². The summed E-state index contributed by atoms with van der Waals surface area (Å²) in [5, 5.41) is 82.4. The third-order valence-corrected chi connectivity index (χ3v) is 12.9. The van der Waals surface area contributed by atoms with Crippen LogP contribution in [-0.4, -0.2) is 183 Å². The Morgan fingerprint density at radius 3 is 1.67 bits per heavy atom. The molecule has 0 bridgehead atoms. The molecule has 462 valence electrons. The molecule has 0 aliphatic carbocycles. The standard InChI is InChI=1S/C52H88N14O16/c1-11-27(8)36(46(75)64-37(29(10)68)45(74)58-21-34(69)62-40(42(71)28(9)53)49(78)61-33(22-67)50(79)80)63-43(72)31(18-15-19-57-51(55)56)59-44(73)32(20-24(2)3)60-48(77)39(41(70)26(6)7)65-47(76)38(35(54)25(4)5)66-52(81)82-23-30-16-13-12-14-17-30/h12-14,16-17,24-27,29,31-33,35-42,67-68,70-71H,9,11,15,18-23,53-54H2,1-8,10H3,(H,58,74)(H,59,73)(H,60,77)(H,61,78)(H,62,69)(H,63,72)(H,64,75)(H,65,76)(H,66,81)(H,79,80)(H4,55,56,57)/t27-,29-,31+,32-,33-,35+,36-,37-,38-,39?,40?,41+,42+/m0/s1. The lowest BCUT2D eigenvalue weighted by Gasteiger charge is -2.32. The van der Waals surface area contributed by atoms with Crippen LogP contribution < -0.4 is 70.4 Å². The maximum absolute atomic E-state index is 14.4. The molecule has 1 rings (SSSR count). The van der Waals surface area contributed by atoms with Gasteiger partial charge in [0.1, 0.15) is 61.0 Å². The van der Waals surface area contributed by atoms with E-state index in [9.17, 15) is 73.5 Å². The van der Waals surface area contributed by atoms with Gasteiger partial charge in [-0.25, -0.2) is 9.59 Å². The molecule has 0 saturated heterocycles. The fraction of sp³-hybridized carbons (Fsp3) is 0.635. The van der Waals surface area contributed by atoms with Gasteiger partial charge in [-0.15, -0.1) is 0 Å². The number of carboxylic acid groups (broad SMARTS) is 1. The molecule has 1 aromatic carbocycles. The molecule has 0 spiro atoms. The third-order valence-electron chi connectivity index (χ3n) is 12.9. The molecular weight excluding hydrogens is 1080 g/mol. The van der Waals surface area contributed by atoms with E-state index in [1.165, 1.54) is 0 Å². The summed E-state index contributed by atoms with van der Waals surface area (Å²) in [5.41, 5.74) is 17.5. The zero-order chi connectivity index (χ0) is 62.7. The minimum Gasteiger partial charge on any atom is -0.480 e. The Morgan fingerprint density at radius 1 is 0.634 bits per heavy atom. The van der Waals surface area contributed by atoms with Crippen LogP contribution in [0.25, 0.3) is 0 Å². The predicted octanol–water partition coefficient (Wildman–Crippen LogP) is -4.56. The molecule has 30 nitrogen and oxygen atoms in total. The number of carboxylic acids is 1. The lowest BCUT2D eigenvalue weighted by atomic mass is 9.94. The van der Waals surface area contributed by atoms with Crippen molar-refractivity contribution in [2.45, 2.75) is 167 Å². The molecule has 0 aromatic heterocycles. The van der Waals surface area contributed by atoms with Crippen molar-refractivity contribution in [1.29, 1.82) is 5.41 Å². The van der Waals surface area contributed by atoms with Crippen LogP contribution in [0, 0.1) is 29.1 Å². The Morgan fingerprint density at radius 2 is 1.16 bits per heavy atom. The van der Waals surface area contributed by atoms with E-state index in [4.69, 9.17) is 27.3 Å². The van der Waals surface area contributed by atoms with Crippen molar-refractivity contribution < 1.29 is 78.2 Å². The summed E-state index contributed by atoms with van der Waals surface area (Å²) in [6.07, 6.45) is -6.05. The molecule has 22 N–H and O–H groups in total. The second kappa shape index (κ2) is 35.9. The second-order valence-electron chi connectivity index (χ2n) is 20.9. The van der Waals surface area contributed by atoms with Gasteiger partial charge in [0, 0.05) is 18.3 Å². The average Bonchev–Trinajstić information content (AvgIpc) is 3.51. The van der Waals surface area contributed by atoms with Crippen molar-refractivity contribution in [3.8, 4) is 0 Å². The van der Waals surface area contributed by atoms with E-state index in [2.05, 4.69) is 54.4 Å². The third kappa shape index (κ3) is 25.0. The van der Waals surface area contributed by atoms with Gasteiger partial charge in [-0.05, 0) is 55.4 Å². The predicted molar refractivity (Wildman–Crippen MR) is 298 cm³/mol. The Hall–Kier alpha value is -7.67. The second-order valence-corrected chi connectivity index (χ2v) is 20.9. The normalized spacial score (nSPS) is 16.0. The van der Waals surface area contributed by atoms with Gasteiger partial charge in [-0.2, -0.15) is 0 Å². The minimum absolute atomic E-state index is 0.0425. The number of hydrogen-bond donors (Lipinski definition) is 19. The van der Waals surface area contributed by atoms with Crippen molar-refractivity contribution in [2.24, 2.45) is 40.9 Å². The maximum Gasteiger partial charge on any atom is 0.408 e. The van der Waals surface area contributed by atoms with E-state index in [-0.39, 0.29) is 44.8 Å². The first-order valence-electron chi connectivity index (χ1n) is 26.8. The zero-order valence-electron chi connectivity index (χ0n) is 47.9. The molecule has 0 fully saturated rings. The first-order valence-corrected chi connectivity index (χ1v) is 26.8. The number of carbonyl (C=O) groups excluding carboxylic acids is 9. The maximum atomic E-state index is 14.4. The van der Waals surface area contributed by atoms with Crippen LogP contribution in [-0.2, 0) is 54.5 Å². The quantitative estimate of drug-likeness (QED) is 0.0171. The molecule has 0 heterocycles. The topological polar surface area (TPSA) is 503 Å². The van der Waals surface area contributed by atoms with Crippen molar-refractivity contribution in [3.63, 3.8) is 0 Å². The molecule has 2 unspecified atom stereocenters. The summed E-state index contributed by atoms with van der Waals surface area (Å²) in [6.45, 7) is 15.6. The highest BCUT2D eigenvalue weighted by atomic mass is 16.5. The van der Waals surface area contributed by atoms with Gasteiger partial charge in [0.15, 0.2) is 5.96 Å². The number of alkyl carbamates (subject to hydrolysis) is 1. The monoisotopic (exact) mass is 1160 g/mol. The number of benzene rings is 1. The highest BCUT2D eigenvalue weighted by molar-refractivity contribution is 5.98. The van der Waals surface area contributed by atoms with Gasteiger partial charge >= 0.3 is 12.1 Å². The van der Waals surface area contributed by atoms with Crippen LogP contribution in [0.4, 0.5) is 4.79 Å². The highest BCUT2D eigenvalue weighted by Crippen LogP contribution is 2.15. The Bertz CT molecular complexity index is 2330. The molecule has 9 amide bonds. The molecule has 13 atom stereocenters. The molecule has 0 aliphatic rings. The number of amides is 9. The van der Waals surface area contributed by atoms with E-state index < -0.39 is 175 Å². The van der Waals surface area contributed by atoms with E-state index in [1.54, 1.807) is 85.7 Å². The zero-order valence-corrected chi connectivity index (χ0v) is 47.9. The van der Waals surface area contributed by atoms with Gasteiger partial charge in [0.25, 0.3) is 0 Å². The number of ether oxygens (including phenoxy) is 1. The highest BCUT2D eigenvalue weighted by Gasteiger charge is 2.40. The summed E-state index contributed by atoms with van der Waals surface area (Å²) >= 11 is 0. The van der Waals surface area contributed by atoms with E-state index in [1.807, 2.05) is 5.32 Å². The molecule has 1 aromatic rings. The Kier molecular flexibility index (Phi) is 31.7. The Balaban J connectivity index is 3.50. The van der Waals surface area contributed by atoms with Crippen LogP contribution in [0.5, 0.6) is 0 Å². The number of guanidine groups is 1. The largest absolute Gasteiger partial charge is 0.480 e. The van der Waals surface area contributed by atoms with Gasteiger partial charge < -0.3 is 101 Å². The van der Waals surface area contributed by atoms with Crippen molar-refractivity contribution >= 4 is 65.3 Å². The summed E-state index contributed by atoms with van der Waals surface area (Å²) in [4.78, 5) is 135. The summed E-state index contributed by atoms with van der Waals surface area (Å²) in [7, 11) is 0. The summed E-state index contributed by atoms with van der Waals surface area (Å²) < 4.78 is 5.32. The van der Waals surface area contributed by atoms with Crippen LogP contribution in [0.15, 0.2) is 42.6 Å². The molecule has 82 heavy (non-hydrogen) atoms. The SMILES string of the molecule is C=C(N)[C@@H](O)C(NC(=O)CNC(=O)[C@@H](NC(=O)[C@@H](NC(=O)[C@@H](CCCNC(=N)N)NC(=O)[C@H](CC(C)C)NC(=O)C(NC(=O)[C@@H](NC(=O)OCc1ccccc1)[C@H](N)C(C)C)[C@H](O)C(C)C)[C@@H](C)CC)[C@H](C)O)C(=O)N[C@@H](CO)C(=O)O. The molecular formula is C52H88N14O16. The van der Waals surface area contributed by atoms with E-state index in [0.717, 1.165) is 6.92 Å². The van der Waals surface area contributed by atoms with Crippen molar-refractivity contribution in [2.75, 3.05) is 19.7 Å². The number of aliphatic carboxylic acids is 1. The molecule has 0 radical (unpaired) electrons. The van der Waals surface area contributed by atoms with Gasteiger partial charge in [0.05, 0.1) is 25.4 Å². The first-order chi connectivity index (χ1) is 38.3. The fourth-order valence-electron chi connectivity index (χ4n) is 7.64. The van der Waals surface area contributed by atoms with E-state index in [0.29, 0.717) is 5.56 Å². The summed E-state index contributed by atoms with van der Waals surface area (Å²) in [6, 6.07) is -5.49. The Labute approximate surface area is 476 Å². The van der Waals surface area contributed by atoms with Crippen LogP contribution in [0.1, 0.15) is 93.6 Å². The summed E-state index contributed by atoms with van der Waals surface area (Å²) in [5.74, 6) is -12.5. The number of hydrogen-bond acceptors (Lipinski definition) is 18. The number of nitrogens with one attached hydrogen (secondary N) is 11. The first kappa shape index (κ1) is 72.3. The number of rotatable bonds is 36. The number of nitrogens with two attached hydrogens (primary N) is 3. The molecule has 30 heteroatoms. The number of carbonyl (C=O) groups is 10. The molecule has 0 aliphatic heterocycles. The number of aliphatic hydroxyl groups excluding tert-OH is 4. The van der Waals surface area contributed by atoms with Gasteiger partial charge in [-0.1, -0.05) is 98.7 Å². The van der Waals surface area contributed by atoms with E-state index >= 15 is 0 Å². The smallest absolute Gasteiger partial charge is 0.408 e. The van der Waals surface area contributed by atoms with Gasteiger partial charge in [0.2, 0.25) is 47.3 Å². The fourth-order valence-corrected chi connectivity index (χ4v) is 7.64. The average molecular weight is 1170 g/mol. The van der Waals surface area contributed by atoms with Crippen LogP contribution >= 0.6 is 0 Å². The molecule has 0 saturated carbocycles. The lowest BCUT2D eigenvalue weighted by Crippen LogP contribution is -2.64. The lowest BCUT2D eigenvalue weighted by molar-refractivity contribution is -0.144. The van der Waals surface area contributed by atoms with Crippen molar-refractivity contribution in [3.05, 3.63) is 48.2 Å². The minimum atomic E-state index is -1.98. The number of aliphatic hydroxyl groups is 4.